The Balaban J connectivity index is 2.58. The third kappa shape index (κ3) is 4.26. The molecule has 0 radical (unpaired) electrons. The summed E-state index contributed by atoms with van der Waals surface area (Å²) in [7, 11) is 1.83. The lowest BCUT2D eigenvalue weighted by molar-refractivity contribution is 0.430. The zero-order chi connectivity index (χ0) is 13.1. The smallest absolute Gasteiger partial charge is 0.186 e. The van der Waals surface area contributed by atoms with Crippen LogP contribution in [0, 0.1) is 12.7 Å². The van der Waals surface area contributed by atoms with Gasteiger partial charge in [-0.1, -0.05) is 0 Å². The summed E-state index contributed by atoms with van der Waals surface area (Å²) in [6.07, 6.45) is 1.39. The van der Waals surface area contributed by atoms with Crippen molar-refractivity contribution in [2.24, 2.45) is 0 Å². The summed E-state index contributed by atoms with van der Waals surface area (Å²) in [5, 5.41) is 3.35. The van der Waals surface area contributed by atoms with Crippen molar-refractivity contribution >= 4 is 5.82 Å². The molecule has 0 aliphatic heterocycles. The molecule has 1 aromatic rings. The number of aromatic nitrogens is 2. The van der Waals surface area contributed by atoms with Gasteiger partial charge in [0.1, 0.15) is 6.33 Å². The molecular formula is C12H21FN4. The number of aryl methyl sites for hydroxylation is 1. The van der Waals surface area contributed by atoms with Gasteiger partial charge in [0.25, 0.3) is 0 Å². The van der Waals surface area contributed by atoms with Gasteiger partial charge >= 0.3 is 0 Å². The molecular weight excluding hydrogens is 219 g/mol. The van der Waals surface area contributed by atoms with Gasteiger partial charge in [-0.05, 0) is 27.7 Å². The van der Waals surface area contributed by atoms with Crippen LogP contribution in [-0.4, -0.2) is 35.6 Å². The molecule has 1 heterocycles. The molecule has 0 bridgehead atoms. The zero-order valence-corrected chi connectivity index (χ0v) is 11.2. The van der Waals surface area contributed by atoms with Crippen LogP contribution in [-0.2, 0) is 0 Å². The molecule has 0 aromatic carbocycles. The summed E-state index contributed by atoms with van der Waals surface area (Å²) in [5.41, 5.74) is 0.451. The molecule has 0 aliphatic carbocycles. The van der Waals surface area contributed by atoms with E-state index in [2.05, 4.69) is 36.1 Å². The minimum absolute atomic E-state index is 0.0704. The summed E-state index contributed by atoms with van der Waals surface area (Å²) >= 11 is 0. The van der Waals surface area contributed by atoms with E-state index in [1.807, 2.05) is 7.05 Å². The Morgan fingerprint density at radius 3 is 2.59 bits per heavy atom. The predicted octanol–water partition coefficient (Wildman–Crippen LogP) is 1.75. The lowest BCUT2D eigenvalue weighted by Gasteiger charge is -2.24. The molecule has 0 unspecified atom stereocenters. The Bertz CT molecular complexity index is 373. The first-order chi connectivity index (χ1) is 7.81. The van der Waals surface area contributed by atoms with Crippen molar-refractivity contribution in [2.45, 2.75) is 33.2 Å². The molecule has 96 valence electrons. The van der Waals surface area contributed by atoms with E-state index >= 15 is 0 Å². The van der Waals surface area contributed by atoms with Gasteiger partial charge < -0.3 is 10.2 Å². The fourth-order valence-electron chi connectivity index (χ4n) is 1.42. The first-order valence-electron chi connectivity index (χ1n) is 5.74. The lowest BCUT2D eigenvalue weighted by Crippen LogP contribution is -2.40. The van der Waals surface area contributed by atoms with Crippen molar-refractivity contribution in [2.75, 3.05) is 25.0 Å². The third-order valence-electron chi connectivity index (χ3n) is 2.41. The van der Waals surface area contributed by atoms with Gasteiger partial charge in [0.15, 0.2) is 11.6 Å². The molecule has 1 rings (SSSR count). The number of nitrogens with one attached hydrogen (secondary N) is 1. The molecule has 0 saturated carbocycles. The molecule has 0 fully saturated rings. The molecule has 1 N–H and O–H groups in total. The maximum absolute atomic E-state index is 13.7. The summed E-state index contributed by atoms with van der Waals surface area (Å²) in [6, 6.07) is 0. The SMILES string of the molecule is Cc1ncnc(N(C)CCNC(C)(C)C)c1F. The third-order valence-corrected chi connectivity index (χ3v) is 2.41. The molecule has 4 nitrogen and oxygen atoms in total. The van der Waals surface area contributed by atoms with Crippen LogP contribution in [0.3, 0.4) is 0 Å². The summed E-state index contributed by atoms with van der Waals surface area (Å²) in [5.74, 6) is 0.0129. The molecule has 0 saturated heterocycles. The maximum Gasteiger partial charge on any atom is 0.186 e. The van der Waals surface area contributed by atoms with Crippen molar-refractivity contribution in [1.82, 2.24) is 15.3 Å². The maximum atomic E-state index is 13.7. The Labute approximate surface area is 102 Å². The normalized spacial score (nSPS) is 11.6. The van der Waals surface area contributed by atoms with Gasteiger partial charge in [-0.3, -0.25) is 0 Å². The first kappa shape index (κ1) is 13.8. The highest BCUT2D eigenvalue weighted by atomic mass is 19.1. The van der Waals surface area contributed by atoms with Crippen molar-refractivity contribution in [3.8, 4) is 0 Å². The summed E-state index contributed by atoms with van der Waals surface area (Å²) in [6.45, 7) is 9.42. The van der Waals surface area contributed by atoms with Crippen LogP contribution in [0.2, 0.25) is 0 Å². The van der Waals surface area contributed by atoms with E-state index in [4.69, 9.17) is 0 Å². The van der Waals surface area contributed by atoms with E-state index in [-0.39, 0.29) is 11.4 Å². The fourth-order valence-corrected chi connectivity index (χ4v) is 1.42. The van der Waals surface area contributed by atoms with E-state index in [0.717, 1.165) is 6.54 Å². The fraction of sp³-hybridized carbons (Fsp3) is 0.667. The Hall–Kier alpha value is -1.23. The van der Waals surface area contributed by atoms with Crippen LogP contribution in [0.25, 0.3) is 0 Å². The minimum atomic E-state index is -0.342. The Morgan fingerprint density at radius 1 is 1.35 bits per heavy atom. The highest BCUT2D eigenvalue weighted by Crippen LogP contribution is 2.15. The van der Waals surface area contributed by atoms with Crippen LogP contribution in [0.15, 0.2) is 6.33 Å². The zero-order valence-electron chi connectivity index (χ0n) is 11.2. The van der Waals surface area contributed by atoms with Gasteiger partial charge in [-0.15, -0.1) is 0 Å². The van der Waals surface area contributed by atoms with E-state index in [0.29, 0.717) is 18.1 Å². The van der Waals surface area contributed by atoms with Crippen LogP contribution < -0.4 is 10.2 Å². The average molecular weight is 240 g/mol. The predicted molar refractivity (Wildman–Crippen MR) is 67.8 cm³/mol. The quantitative estimate of drug-likeness (QED) is 0.870. The van der Waals surface area contributed by atoms with E-state index in [9.17, 15) is 4.39 Å². The van der Waals surface area contributed by atoms with Crippen LogP contribution in [0.4, 0.5) is 10.2 Å². The van der Waals surface area contributed by atoms with Crippen molar-refractivity contribution < 1.29 is 4.39 Å². The highest BCUT2D eigenvalue weighted by Gasteiger charge is 2.13. The molecule has 0 spiro atoms. The molecule has 17 heavy (non-hydrogen) atoms. The molecule has 0 amide bonds. The van der Waals surface area contributed by atoms with Gasteiger partial charge in [0.2, 0.25) is 0 Å². The van der Waals surface area contributed by atoms with Crippen molar-refractivity contribution in [3.05, 3.63) is 17.8 Å². The van der Waals surface area contributed by atoms with E-state index in [1.165, 1.54) is 6.33 Å². The number of hydrogen-bond donors (Lipinski definition) is 1. The van der Waals surface area contributed by atoms with E-state index < -0.39 is 0 Å². The number of nitrogens with zero attached hydrogens (tertiary/aromatic N) is 3. The van der Waals surface area contributed by atoms with Crippen LogP contribution in [0.1, 0.15) is 26.5 Å². The second kappa shape index (κ2) is 5.40. The number of hydrogen-bond acceptors (Lipinski definition) is 4. The van der Waals surface area contributed by atoms with E-state index in [1.54, 1.807) is 11.8 Å². The summed E-state index contributed by atoms with van der Waals surface area (Å²) in [4.78, 5) is 9.57. The van der Waals surface area contributed by atoms with Gasteiger partial charge in [-0.25, -0.2) is 14.4 Å². The lowest BCUT2D eigenvalue weighted by atomic mass is 10.1. The number of halogens is 1. The Kier molecular flexibility index (Phi) is 4.40. The Morgan fingerprint density at radius 2 is 2.00 bits per heavy atom. The molecule has 0 atom stereocenters. The molecule has 5 heteroatoms. The van der Waals surface area contributed by atoms with Gasteiger partial charge in [-0.2, -0.15) is 0 Å². The van der Waals surface area contributed by atoms with Gasteiger partial charge in [0.05, 0.1) is 5.69 Å². The minimum Gasteiger partial charge on any atom is -0.356 e. The highest BCUT2D eigenvalue weighted by molar-refractivity contribution is 5.39. The molecule has 0 aliphatic rings. The van der Waals surface area contributed by atoms with Gasteiger partial charge in [0, 0.05) is 25.7 Å². The molecule has 1 aromatic heterocycles. The van der Waals surface area contributed by atoms with Crippen molar-refractivity contribution in [3.63, 3.8) is 0 Å². The van der Waals surface area contributed by atoms with Crippen molar-refractivity contribution in [1.29, 1.82) is 0 Å². The van der Waals surface area contributed by atoms with Crippen LogP contribution >= 0.6 is 0 Å². The first-order valence-corrected chi connectivity index (χ1v) is 5.74. The second-order valence-corrected chi connectivity index (χ2v) is 5.20. The standard InChI is InChI=1S/C12H21FN4/c1-9-10(13)11(15-8-14-9)17(5)7-6-16-12(2,3)4/h8,16H,6-7H2,1-5H3. The number of anilines is 1. The second-order valence-electron chi connectivity index (χ2n) is 5.20. The topological polar surface area (TPSA) is 41.1 Å². The average Bonchev–Trinajstić information content (AvgIpc) is 2.20. The number of rotatable bonds is 4. The monoisotopic (exact) mass is 240 g/mol. The number of likely N-dealkylation sites (N-methyl/N-ethyl adjacent to an activating group) is 1. The largest absolute Gasteiger partial charge is 0.356 e. The van der Waals surface area contributed by atoms with Crippen LogP contribution in [0.5, 0.6) is 0 Å². The summed E-state index contributed by atoms with van der Waals surface area (Å²) < 4.78 is 13.7.